The van der Waals surface area contributed by atoms with E-state index < -0.39 is 10.0 Å². The lowest BCUT2D eigenvalue weighted by molar-refractivity contribution is 0.600. The average molecular weight is 268 g/mol. The Morgan fingerprint density at radius 1 is 1.33 bits per heavy atom. The van der Waals surface area contributed by atoms with Gasteiger partial charge in [0, 0.05) is 0 Å². The summed E-state index contributed by atoms with van der Waals surface area (Å²) in [7, 11) is -3.36. The molecule has 0 spiro atoms. The van der Waals surface area contributed by atoms with E-state index in [1.165, 1.54) is 0 Å². The molecular formula is C7H7Cl2N3O2S. The third kappa shape index (κ3) is 2.32. The number of aromatic nitrogens is 2. The first-order valence-electron chi connectivity index (χ1n) is 4.18. The molecule has 1 fully saturated rings. The maximum absolute atomic E-state index is 11.6. The van der Waals surface area contributed by atoms with Gasteiger partial charge in [-0.1, -0.05) is 23.2 Å². The average Bonchev–Trinajstić information content (AvgIpc) is 2.95. The standard InChI is InChI=1S/C7H7Cl2N3O2S/c8-5-6(9)10-3-11-7(5)12-15(13,14)4-1-2-4/h3-4H,1-2H2,(H,10,11,12). The van der Waals surface area contributed by atoms with Crippen LogP contribution in [0.2, 0.25) is 10.2 Å². The van der Waals surface area contributed by atoms with Crippen LogP contribution in [0.5, 0.6) is 0 Å². The summed E-state index contributed by atoms with van der Waals surface area (Å²) in [5, 5.41) is -0.286. The Labute approximate surface area is 96.9 Å². The molecule has 82 valence electrons. The van der Waals surface area contributed by atoms with Gasteiger partial charge in [-0.2, -0.15) is 0 Å². The second kappa shape index (κ2) is 3.77. The SMILES string of the molecule is O=S(=O)(Nc1ncnc(Cl)c1Cl)C1CC1. The van der Waals surface area contributed by atoms with Gasteiger partial charge in [0.25, 0.3) is 0 Å². The summed E-state index contributed by atoms with van der Waals surface area (Å²) < 4.78 is 25.4. The topological polar surface area (TPSA) is 72.0 Å². The fraction of sp³-hybridized carbons (Fsp3) is 0.429. The van der Waals surface area contributed by atoms with Gasteiger partial charge < -0.3 is 0 Å². The molecule has 1 aromatic rings. The zero-order valence-corrected chi connectivity index (χ0v) is 9.77. The minimum absolute atomic E-state index is 0.0170. The second-order valence-corrected chi connectivity index (χ2v) is 5.87. The predicted molar refractivity (Wildman–Crippen MR) is 57.6 cm³/mol. The maximum Gasteiger partial charge on any atom is 0.236 e. The van der Waals surface area contributed by atoms with Gasteiger partial charge >= 0.3 is 0 Å². The molecule has 1 N–H and O–H groups in total. The van der Waals surface area contributed by atoms with Crippen molar-refractivity contribution >= 4 is 39.0 Å². The van der Waals surface area contributed by atoms with Gasteiger partial charge in [-0.15, -0.1) is 0 Å². The molecular weight excluding hydrogens is 261 g/mol. The van der Waals surface area contributed by atoms with Crippen LogP contribution in [0.25, 0.3) is 0 Å². The fourth-order valence-corrected chi connectivity index (χ4v) is 2.70. The molecule has 0 bridgehead atoms. The van der Waals surface area contributed by atoms with Crippen molar-refractivity contribution in [1.29, 1.82) is 0 Å². The molecule has 0 aromatic carbocycles. The highest BCUT2D eigenvalue weighted by Gasteiger charge is 2.36. The third-order valence-corrected chi connectivity index (χ3v) is 4.52. The summed E-state index contributed by atoms with van der Waals surface area (Å²) in [5.41, 5.74) is 0. The van der Waals surface area contributed by atoms with Crippen molar-refractivity contribution in [2.75, 3.05) is 4.72 Å². The highest BCUT2D eigenvalue weighted by Crippen LogP contribution is 2.32. The lowest BCUT2D eigenvalue weighted by Crippen LogP contribution is -2.18. The minimum atomic E-state index is -3.36. The smallest absolute Gasteiger partial charge is 0.236 e. The molecule has 0 atom stereocenters. The Hall–Kier alpha value is -0.590. The lowest BCUT2D eigenvalue weighted by Gasteiger charge is -2.07. The first-order chi connectivity index (χ1) is 7.00. The summed E-state index contributed by atoms with van der Waals surface area (Å²) in [6, 6.07) is 0. The maximum atomic E-state index is 11.6. The summed E-state index contributed by atoms with van der Waals surface area (Å²) in [5.74, 6) is 0.0311. The number of hydrogen-bond acceptors (Lipinski definition) is 4. The van der Waals surface area contributed by atoms with Crippen LogP contribution in [0.1, 0.15) is 12.8 Å². The van der Waals surface area contributed by atoms with E-state index in [1.807, 2.05) is 0 Å². The van der Waals surface area contributed by atoms with Gasteiger partial charge in [-0.25, -0.2) is 18.4 Å². The first kappa shape index (κ1) is 10.9. The molecule has 1 heterocycles. The van der Waals surface area contributed by atoms with E-state index in [1.54, 1.807) is 0 Å². The summed E-state index contributed by atoms with van der Waals surface area (Å²) in [6.07, 6.45) is 2.50. The van der Waals surface area contributed by atoms with Crippen LogP contribution < -0.4 is 4.72 Å². The molecule has 5 nitrogen and oxygen atoms in total. The van der Waals surface area contributed by atoms with Gasteiger partial charge in [-0.05, 0) is 12.8 Å². The Bertz CT molecular complexity index is 487. The molecule has 1 aromatic heterocycles. The number of rotatable bonds is 3. The monoisotopic (exact) mass is 267 g/mol. The molecule has 2 rings (SSSR count). The minimum Gasteiger partial charge on any atom is -0.266 e. The summed E-state index contributed by atoms with van der Waals surface area (Å²) >= 11 is 11.4. The number of nitrogens with one attached hydrogen (secondary N) is 1. The normalized spacial score (nSPS) is 16.4. The van der Waals surface area contributed by atoms with E-state index in [-0.39, 0.29) is 21.2 Å². The highest BCUT2D eigenvalue weighted by molar-refractivity contribution is 7.93. The van der Waals surface area contributed by atoms with Crippen molar-refractivity contribution < 1.29 is 8.42 Å². The number of nitrogens with zero attached hydrogens (tertiary/aromatic N) is 2. The van der Waals surface area contributed by atoms with Gasteiger partial charge in [-0.3, -0.25) is 4.72 Å². The van der Waals surface area contributed by atoms with Crippen LogP contribution in [0, 0.1) is 0 Å². The van der Waals surface area contributed by atoms with Crippen LogP contribution in [0.3, 0.4) is 0 Å². The number of anilines is 1. The first-order valence-corrected chi connectivity index (χ1v) is 6.48. The van der Waals surface area contributed by atoms with E-state index >= 15 is 0 Å². The van der Waals surface area contributed by atoms with Crippen molar-refractivity contribution in [2.45, 2.75) is 18.1 Å². The van der Waals surface area contributed by atoms with Crippen molar-refractivity contribution in [3.8, 4) is 0 Å². The van der Waals surface area contributed by atoms with Gasteiger partial charge in [0.1, 0.15) is 11.3 Å². The molecule has 1 saturated carbocycles. The highest BCUT2D eigenvalue weighted by atomic mass is 35.5. The van der Waals surface area contributed by atoms with Gasteiger partial charge in [0.05, 0.1) is 5.25 Å². The molecule has 8 heteroatoms. The van der Waals surface area contributed by atoms with Crippen LogP contribution in [-0.2, 0) is 10.0 Å². The van der Waals surface area contributed by atoms with E-state index in [4.69, 9.17) is 23.2 Å². The Balaban J connectivity index is 2.28. The Morgan fingerprint density at radius 3 is 2.60 bits per heavy atom. The molecule has 1 aliphatic rings. The van der Waals surface area contributed by atoms with Crippen LogP contribution in [0.15, 0.2) is 6.33 Å². The molecule has 1 aliphatic carbocycles. The van der Waals surface area contributed by atoms with Crippen LogP contribution in [0.4, 0.5) is 5.82 Å². The Morgan fingerprint density at radius 2 is 2.00 bits per heavy atom. The quantitative estimate of drug-likeness (QED) is 0.846. The number of sulfonamides is 1. The third-order valence-electron chi connectivity index (χ3n) is 1.95. The zero-order valence-electron chi connectivity index (χ0n) is 7.44. The molecule has 15 heavy (non-hydrogen) atoms. The largest absolute Gasteiger partial charge is 0.266 e. The summed E-state index contributed by atoms with van der Waals surface area (Å²) in [6.45, 7) is 0. The van der Waals surface area contributed by atoms with E-state index in [0.717, 1.165) is 6.33 Å². The second-order valence-electron chi connectivity index (χ2n) is 3.17. The number of hydrogen-bond donors (Lipinski definition) is 1. The zero-order chi connectivity index (χ0) is 11.1. The van der Waals surface area contributed by atoms with Crippen LogP contribution >= 0.6 is 23.2 Å². The fourth-order valence-electron chi connectivity index (χ4n) is 1.02. The molecule has 0 amide bonds. The van der Waals surface area contributed by atoms with Gasteiger partial charge in [0.2, 0.25) is 10.0 Å². The Kier molecular flexibility index (Phi) is 2.74. The predicted octanol–water partition coefficient (Wildman–Crippen LogP) is 1.69. The van der Waals surface area contributed by atoms with Crippen molar-refractivity contribution in [1.82, 2.24) is 9.97 Å². The van der Waals surface area contributed by atoms with Crippen molar-refractivity contribution in [2.24, 2.45) is 0 Å². The van der Waals surface area contributed by atoms with E-state index in [9.17, 15) is 8.42 Å². The van der Waals surface area contributed by atoms with E-state index in [0.29, 0.717) is 12.8 Å². The summed E-state index contributed by atoms with van der Waals surface area (Å²) in [4.78, 5) is 7.33. The molecule has 0 aliphatic heterocycles. The van der Waals surface area contributed by atoms with Gasteiger partial charge in [0.15, 0.2) is 11.0 Å². The number of halogens is 2. The van der Waals surface area contributed by atoms with Crippen molar-refractivity contribution in [3.05, 3.63) is 16.5 Å². The lowest BCUT2D eigenvalue weighted by atomic mass is 10.6. The molecule has 0 saturated heterocycles. The van der Waals surface area contributed by atoms with Crippen molar-refractivity contribution in [3.63, 3.8) is 0 Å². The molecule has 0 radical (unpaired) electrons. The van der Waals surface area contributed by atoms with E-state index in [2.05, 4.69) is 14.7 Å². The van der Waals surface area contributed by atoms with Crippen LogP contribution in [-0.4, -0.2) is 23.6 Å². The molecule has 0 unspecified atom stereocenters.